The first kappa shape index (κ1) is 13.2. The lowest BCUT2D eigenvalue weighted by Crippen LogP contribution is -2.06. The van der Waals surface area contributed by atoms with E-state index in [4.69, 9.17) is 11.6 Å². The number of carbonyl (C=O) groups is 1. The molecule has 0 bridgehead atoms. The molecule has 0 aliphatic carbocycles. The van der Waals surface area contributed by atoms with Crippen molar-refractivity contribution in [3.63, 3.8) is 0 Å². The van der Waals surface area contributed by atoms with E-state index in [1.54, 1.807) is 30.3 Å². The van der Waals surface area contributed by atoms with Gasteiger partial charge in [0.25, 0.3) is 5.69 Å². The number of Topliss-reactive ketones (excluding diaryl/α,β-unsaturated/α-hetero) is 1. The summed E-state index contributed by atoms with van der Waals surface area (Å²) >= 11 is 5.84. The Kier molecular flexibility index (Phi) is 3.92. The maximum Gasteiger partial charge on any atom is 0.280 e. The van der Waals surface area contributed by atoms with Gasteiger partial charge in [-0.15, -0.1) is 0 Å². The molecule has 0 aliphatic heterocycles. The van der Waals surface area contributed by atoms with Gasteiger partial charge in [-0.05, 0) is 23.8 Å². The zero-order valence-corrected chi connectivity index (χ0v) is 10.6. The van der Waals surface area contributed by atoms with Gasteiger partial charge in [-0.2, -0.15) is 0 Å². The van der Waals surface area contributed by atoms with Crippen LogP contribution < -0.4 is 0 Å². The largest absolute Gasteiger partial charge is 0.294 e. The molecule has 0 heterocycles. The Bertz CT molecular complexity index is 640. The Labute approximate surface area is 114 Å². The van der Waals surface area contributed by atoms with Crippen LogP contribution in [-0.2, 0) is 6.42 Å². The van der Waals surface area contributed by atoms with Gasteiger partial charge in [0.05, 0.1) is 10.5 Å². The van der Waals surface area contributed by atoms with E-state index in [1.807, 2.05) is 0 Å². The minimum atomic E-state index is -0.550. The van der Waals surface area contributed by atoms with Crippen LogP contribution in [0.4, 0.5) is 5.69 Å². The third-order valence-corrected chi connectivity index (χ3v) is 2.89. The topological polar surface area (TPSA) is 60.2 Å². The van der Waals surface area contributed by atoms with E-state index in [0.717, 1.165) is 5.56 Å². The molecule has 0 aliphatic rings. The molecule has 2 aromatic carbocycles. The normalized spacial score (nSPS) is 10.2. The predicted octanol–water partition coefficient (Wildman–Crippen LogP) is 3.67. The lowest BCUT2D eigenvalue weighted by Gasteiger charge is -2.03. The molecule has 0 saturated carbocycles. The van der Waals surface area contributed by atoms with Crippen molar-refractivity contribution in [2.24, 2.45) is 0 Å². The summed E-state index contributed by atoms with van der Waals surface area (Å²) in [5.74, 6) is -0.297. The Morgan fingerprint density at radius 1 is 1.16 bits per heavy atom. The van der Waals surface area contributed by atoms with Crippen LogP contribution in [0.5, 0.6) is 0 Å². The van der Waals surface area contributed by atoms with Crippen LogP contribution in [0.25, 0.3) is 0 Å². The SMILES string of the molecule is O=C(Cc1cccc(Cl)c1)c1ccccc1[N+](=O)[O-]. The molecular weight excluding hydrogens is 266 g/mol. The predicted molar refractivity (Wildman–Crippen MR) is 72.6 cm³/mol. The molecule has 0 fully saturated rings. The van der Waals surface area contributed by atoms with Gasteiger partial charge >= 0.3 is 0 Å². The summed E-state index contributed by atoms with van der Waals surface area (Å²) in [6.45, 7) is 0. The summed E-state index contributed by atoms with van der Waals surface area (Å²) in [7, 11) is 0. The number of halogens is 1. The standard InChI is InChI=1S/C14H10ClNO3/c15-11-5-3-4-10(8-11)9-14(17)12-6-1-2-7-13(12)16(18)19/h1-8H,9H2. The first-order valence-electron chi connectivity index (χ1n) is 5.59. The summed E-state index contributed by atoms with van der Waals surface area (Å²) in [5, 5.41) is 11.4. The molecule has 2 rings (SSSR count). The second-order valence-corrected chi connectivity index (χ2v) is 4.44. The van der Waals surface area contributed by atoms with Gasteiger partial charge < -0.3 is 0 Å². The zero-order chi connectivity index (χ0) is 13.8. The number of hydrogen-bond donors (Lipinski definition) is 0. The van der Waals surface area contributed by atoms with Crippen molar-refractivity contribution in [2.75, 3.05) is 0 Å². The van der Waals surface area contributed by atoms with Gasteiger partial charge in [0, 0.05) is 17.5 Å². The molecule has 2 aromatic rings. The number of hydrogen-bond acceptors (Lipinski definition) is 3. The third kappa shape index (κ3) is 3.17. The molecule has 0 aromatic heterocycles. The number of carbonyl (C=O) groups excluding carboxylic acids is 1. The summed E-state index contributed by atoms with van der Waals surface area (Å²) in [6, 6.07) is 12.8. The average Bonchev–Trinajstić information content (AvgIpc) is 2.38. The number of ketones is 1. The van der Waals surface area contributed by atoms with E-state index in [-0.39, 0.29) is 23.5 Å². The Hall–Kier alpha value is -2.20. The highest BCUT2D eigenvalue weighted by Gasteiger charge is 2.19. The van der Waals surface area contributed by atoms with Crippen LogP contribution in [0.1, 0.15) is 15.9 Å². The number of nitrogens with zero attached hydrogens (tertiary/aromatic N) is 1. The van der Waals surface area contributed by atoms with Crippen LogP contribution in [0, 0.1) is 10.1 Å². The smallest absolute Gasteiger partial charge is 0.280 e. The molecular formula is C14H10ClNO3. The van der Waals surface area contributed by atoms with Crippen LogP contribution in [0.2, 0.25) is 5.02 Å². The molecule has 0 atom stereocenters. The van der Waals surface area contributed by atoms with Gasteiger partial charge in [-0.1, -0.05) is 35.9 Å². The van der Waals surface area contributed by atoms with Crippen molar-refractivity contribution in [2.45, 2.75) is 6.42 Å². The monoisotopic (exact) mass is 275 g/mol. The van der Waals surface area contributed by atoms with Crippen LogP contribution in [0.3, 0.4) is 0 Å². The molecule has 96 valence electrons. The van der Waals surface area contributed by atoms with Crippen molar-refractivity contribution >= 4 is 23.1 Å². The van der Waals surface area contributed by atoms with Gasteiger partial charge in [-0.25, -0.2) is 0 Å². The molecule has 4 nitrogen and oxygen atoms in total. The Morgan fingerprint density at radius 3 is 2.58 bits per heavy atom. The lowest BCUT2D eigenvalue weighted by atomic mass is 10.0. The zero-order valence-electron chi connectivity index (χ0n) is 9.88. The lowest BCUT2D eigenvalue weighted by molar-refractivity contribution is -0.385. The molecule has 0 unspecified atom stereocenters. The number of nitro groups is 1. The van der Waals surface area contributed by atoms with E-state index in [2.05, 4.69) is 0 Å². The van der Waals surface area contributed by atoms with Gasteiger partial charge in [0.1, 0.15) is 0 Å². The first-order valence-corrected chi connectivity index (χ1v) is 5.97. The minimum absolute atomic E-state index is 0.0887. The van der Waals surface area contributed by atoms with E-state index in [1.165, 1.54) is 18.2 Å². The van der Waals surface area contributed by atoms with E-state index < -0.39 is 4.92 Å². The maximum atomic E-state index is 12.1. The van der Waals surface area contributed by atoms with Crippen LogP contribution in [0.15, 0.2) is 48.5 Å². The molecule has 19 heavy (non-hydrogen) atoms. The second-order valence-electron chi connectivity index (χ2n) is 4.00. The Balaban J connectivity index is 2.28. The van der Waals surface area contributed by atoms with Crippen molar-refractivity contribution in [1.82, 2.24) is 0 Å². The van der Waals surface area contributed by atoms with Gasteiger partial charge in [0.15, 0.2) is 5.78 Å². The van der Waals surface area contributed by atoms with Gasteiger partial charge in [-0.3, -0.25) is 14.9 Å². The molecule has 5 heteroatoms. The van der Waals surface area contributed by atoms with Crippen molar-refractivity contribution in [3.05, 3.63) is 74.8 Å². The summed E-state index contributed by atoms with van der Waals surface area (Å²) in [5.41, 5.74) is 0.678. The van der Waals surface area contributed by atoms with E-state index >= 15 is 0 Å². The number of rotatable bonds is 4. The van der Waals surface area contributed by atoms with Crippen LogP contribution in [-0.4, -0.2) is 10.7 Å². The molecule has 0 N–H and O–H groups in total. The van der Waals surface area contributed by atoms with Crippen molar-refractivity contribution in [1.29, 1.82) is 0 Å². The fraction of sp³-hybridized carbons (Fsp3) is 0.0714. The number of para-hydroxylation sites is 1. The van der Waals surface area contributed by atoms with Crippen molar-refractivity contribution in [3.8, 4) is 0 Å². The highest BCUT2D eigenvalue weighted by molar-refractivity contribution is 6.30. The molecule has 0 saturated heterocycles. The Morgan fingerprint density at radius 2 is 1.89 bits per heavy atom. The highest BCUT2D eigenvalue weighted by Crippen LogP contribution is 2.20. The van der Waals surface area contributed by atoms with Crippen LogP contribution >= 0.6 is 11.6 Å². The van der Waals surface area contributed by atoms with Gasteiger partial charge in [0.2, 0.25) is 0 Å². The first-order chi connectivity index (χ1) is 9.08. The highest BCUT2D eigenvalue weighted by atomic mass is 35.5. The second kappa shape index (κ2) is 5.63. The number of nitro benzene ring substituents is 1. The molecule has 0 amide bonds. The average molecular weight is 276 g/mol. The minimum Gasteiger partial charge on any atom is -0.294 e. The summed E-state index contributed by atoms with van der Waals surface area (Å²) in [6.07, 6.45) is 0.0887. The summed E-state index contributed by atoms with van der Waals surface area (Å²) < 4.78 is 0. The fourth-order valence-electron chi connectivity index (χ4n) is 1.80. The fourth-order valence-corrected chi connectivity index (χ4v) is 2.01. The third-order valence-electron chi connectivity index (χ3n) is 2.65. The van der Waals surface area contributed by atoms with Crippen molar-refractivity contribution < 1.29 is 9.72 Å². The molecule has 0 spiro atoms. The molecule has 0 radical (unpaired) electrons. The summed E-state index contributed by atoms with van der Waals surface area (Å²) in [4.78, 5) is 22.4. The van der Waals surface area contributed by atoms with E-state index in [9.17, 15) is 14.9 Å². The quantitative estimate of drug-likeness (QED) is 0.486. The van der Waals surface area contributed by atoms with E-state index in [0.29, 0.717) is 5.02 Å². The maximum absolute atomic E-state index is 12.1. The number of benzene rings is 2.